The zero-order chi connectivity index (χ0) is 19.8. The Morgan fingerprint density at radius 1 is 1.27 bits per heavy atom. The summed E-state index contributed by atoms with van der Waals surface area (Å²) in [5.41, 5.74) is -1.75. The summed E-state index contributed by atoms with van der Waals surface area (Å²) in [7, 11) is 0. The second-order valence-electron chi connectivity index (χ2n) is 9.54. The third-order valence-electron chi connectivity index (χ3n) is 7.73. The molecule has 5 atom stereocenters. The molecule has 2 unspecified atom stereocenters. The first kappa shape index (κ1) is 19.1. The molecule has 2 bridgehead atoms. The average Bonchev–Trinajstić information content (AvgIpc) is 2.92. The van der Waals surface area contributed by atoms with Gasteiger partial charge in [0, 0.05) is 5.92 Å². The Balaban J connectivity index is 2.23. The molecule has 0 saturated heterocycles. The third kappa shape index (κ3) is 1.93. The Bertz CT molecular complexity index is 771. The first-order chi connectivity index (χ1) is 11.9. The molecule has 1 N–H and O–H groups in total. The molecule has 0 heterocycles. The van der Waals surface area contributed by atoms with Crippen molar-refractivity contribution >= 4 is 17.3 Å². The second kappa shape index (κ2) is 5.40. The van der Waals surface area contributed by atoms with Crippen molar-refractivity contribution in [1.82, 2.24) is 0 Å². The highest BCUT2D eigenvalue weighted by Gasteiger charge is 2.76. The van der Waals surface area contributed by atoms with Crippen LogP contribution in [-0.2, 0) is 14.4 Å². The van der Waals surface area contributed by atoms with E-state index in [1.165, 1.54) is 0 Å². The van der Waals surface area contributed by atoms with Crippen molar-refractivity contribution in [3.63, 3.8) is 0 Å². The minimum absolute atomic E-state index is 0.0464. The Morgan fingerprint density at radius 3 is 2.35 bits per heavy atom. The van der Waals surface area contributed by atoms with E-state index < -0.39 is 16.6 Å². The Labute approximate surface area is 155 Å². The van der Waals surface area contributed by atoms with Crippen molar-refractivity contribution < 1.29 is 19.5 Å². The van der Waals surface area contributed by atoms with Crippen LogP contribution >= 0.6 is 0 Å². The maximum Gasteiger partial charge on any atom is 0.183 e. The maximum atomic E-state index is 13.6. The van der Waals surface area contributed by atoms with Crippen LogP contribution in [0.1, 0.15) is 60.8 Å². The fourth-order valence-corrected chi connectivity index (χ4v) is 5.92. The van der Waals surface area contributed by atoms with E-state index >= 15 is 0 Å². The van der Waals surface area contributed by atoms with Crippen LogP contribution in [0.5, 0.6) is 0 Å². The predicted molar refractivity (Wildman–Crippen MR) is 99.5 cm³/mol. The number of hydrogen-bond acceptors (Lipinski definition) is 4. The molecule has 0 aromatic carbocycles. The van der Waals surface area contributed by atoms with Gasteiger partial charge in [-0.1, -0.05) is 39.8 Å². The van der Waals surface area contributed by atoms with E-state index in [2.05, 4.69) is 20.4 Å². The van der Waals surface area contributed by atoms with E-state index in [-0.39, 0.29) is 46.1 Å². The number of carbonyl (C=O) groups is 3. The molecule has 1 spiro atoms. The highest BCUT2D eigenvalue weighted by atomic mass is 16.3. The van der Waals surface area contributed by atoms with E-state index in [4.69, 9.17) is 0 Å². The molecule has 0 radical (unpaired) electrons. The largest absolute Gasteiger partial charge is 0.510 e. The number of allylic oxidation sites excluding steroid dienone is 3. The normalized spacial score (nSPS) is 39.2. The molecule has 0 aromatic rings. The summed E-state index contributed by atoms with van der Waals surface area (Å²) < 4.78 is 0. The standard InChI is InChI=1S/C22H30O4/c1-8-12(4)16(23)15-17(24)21(7)10-14-20(5,6)13(11(2)3)9-22(14,18(15)25)19(21)26/h12-14,24H,2,8-10H2,1,3-7H3/t12?,13-,14+,21+,22?/m1/s1. The molecule has 2 fully saturated rings. The summed E-state index contributed by atoms with van der Waals surface area (Å²) in [4.78, 5) is 39.9. The van der Waals surface area contributed by atoms with Gasteiger partial charge in [0.1, 0.15) is 11.3 Å². The van der Waals surface area contributed by atoms with Crippen molar-refractivity contribution in [2.75, 3.05) is 0 Å². The number of rotatable bonds is 4. The van der Waals surface area contributed by atoms with Crippen molar-refractivity contribution in [2.24, 2.45) is 34.0 Å². The first-order valence-electron chi connectivity index (χ1n) is 9.60. The molecule has 3 rings (SSSR count). The summed E-state index contributed by atoms with van der Waals surface area (Å²) in [6.07, 6.45) is 1.40. The highest BCUT2D eigenvalue weighted by molar-refractivity contribution is 6.32. The van der Waals surface area contributed by atoms with Gasteiger partial charge in [-0.3, -0.25) is 14.4 Å². The number of Topliss-reactive ketones (excluding diaryl/α,β-unsaturated/α-hetero) is 3. The lowest BCUT2D eigenvalue weighted by atomic mass is 9.64. The van der Waals surface area contributed by atoms with E-state index in [0.29, 0.717) is 19.3 Å². The van der Waals surface area contributed by atoms with Gasteiger partial charge in [-0.15, -0.1) is 0 Å². The molecule has 3 aliphatic rings. The quantitative estimate of drug-likeness (QED) is 0.464. The lowest BCUT2D eigenvalue weighted by Gasteiger charge is -2.35. The lowest BCUT2D eigenvalue weighted by molar-refractivity contribution is -0.144. The molecule has 3 aliphatic carbocycles. The zero-order valence-corrected chi connectivity index (χ0v) is 16.7. The Morgan fingerprint density at radius 2 is 1.85 bits per heavy atom. The second-order valence-corrected chi connectivity index (χ2v) is 9.54. The number of ketones is 3. The van der Waals surface area contributed by atoms with Crippen molar-refractivity contribution in [3.8, 4) is 0 Å². The van der Waals surface area contributed by atoms with Crippen LogP contribution in [0, 0.1) is 34.0 Å². The molecule has 26 heavy (non-hydrogen) atoms. The van der Waals surface area contributed by atoms with Crippen molar-refractivity contribution in [2.45, 2.75) is 60.8 Å². The van der Waals surface area contributed by atoms with Gasteiger partial charge >= 0.3 is 0 Å². The number of fused-ring (bicyclic) bond motifs is 1. The van der Waals surface area contributed by atoms with Gasteiger partial charge in [0.25, 0.3) is 0 Å². The number of aliphatic hydroxyl groups excluding tert-OH is 1. The molecule has 0 aliphatic heterocycles. The smallest absolute Gasteiger partial charge is 0.183 e. The van der Waals surface area contributed by atoms with Crippen LogP contribution in [0.15, 0.2) is 23.5 Å². The Hall–Kier alpha value is -1.71. The van der Waals surface area contributed by atoms with Crippen LogP contribution in [0.3, 0.4) is 0 Å². The van der Waals surface area contributed by atoms with Crippen LogP contribution in [-0.4, -0.2) is 22.5 Å². The average molecular weight is 358 g/mol. The summed E-state index contributed by atoms with van der Waals surface area (Å²) >= 11 is 0. The molecule has 4 nitrogen and oxygen atoms in total. The topological polar surface area (TPSA) is 71.4 Å². The van der Waals surface area contributed by atoms with Crippen LogP contribution in [0.4, 0.5) is 0 Å². The van der Waals surface area contributed by atoms with Gasteiger partial charge < -0.3 is 5.11 Å². The molecule has 2 saturated carbocycles. The van der Waals surface area contributed by atoms with Crippen LogP contribution < -0.4 is 0 Å². The molecule has 0 aromatic heterocycles. The third-order valence-corrected chi connectivity index (χ3v) is 7.73. The lowest BCUT2D eigenvalue weighted by Crippen LogP contribution is -2.49. The zero-order valence-electron chi connectivity index (χ0n) is 16.7. The number of carbonyl (C=O) groups excluding carboxylic acids is 3. The maximum absolute atomic E-state index is 13.6. The molecule has 142 valence electrons. The first-order valence-corrected chi connectivity index (χ1v) is 9.60. The fraction of sp³-hybridized carbons (Fsp3) is 0.682. The highest BCUT2D eigenvalue weighted by Crippen LogP contribution is 2.71. The number of hydrogen-bond donors (Lipinski definition) is 1. The SMILES string of the molecule is C=C(C)[C@H]1CC23C(=O)C(C(=O)C(C)CC)=C(O)[C@](C)(C[C@H]2C1(C)C)C3=O. The Kier molecular flexibility index (Phi) is 3.96. The summed E-state index contributed by atoms with van der Waals surface area (Å²) in [6, 6.07) is 0. The van der Waals surface area contributed by atoms with Gasteiger partial charge in [-0.05, 0) is 50.4 Å². The van der Waals surface area contributed by atoms with Crippen molar-refractivity contribution in [3.05, 3.63) is 23.5 Å². The van der Waals surface area contributed by atoms with Gasteiger partial charge in [-0.25, -0.2) is 0 Å². The van der Waals surface area contributed by atoms with Gasteiger partial charge in [0.2, 0.25) is 0 Å². The molecule has 0 amide bonds. The van der Waals surface area contributed by atoms with Gasteiger partial charge in [0.15, 0.2) is 17.3 Å². The summed E-state index contributed by atoms with van der Waals surface area (Å²) in [5, 5.41) is 10.9. The number of aliphatic hydroxyl groups is 1. The van der Waals surface area contributed by atoms with Crippen LogP contribution in [0.2, 0.25) is 0 Å². The van der Waals surface area contributed by atoms with E-state index in [9.17, 15) is 19.5 Å². The monoisotopic (exact) mass is 358 g/mol. The van der Waals surface area contributed by atoms with E-state index in [0.717, 1.165) is 5.57 Å². The van der Waals surface area contributed by atoms with Crippen LogP contribution in [0.25, 0.3) is 0 Å². The molecule has 4 heteroatoms. The van der Waals surface area contributed by atoms with Gasteiger partial charge in [0.05, 0.1) is 10.8 Å². The summed E-state index contributed by atoms with van der Waals surface area (Å²) in [6.45, 7) is 15.6. The predicted octanol–water partition coefficient (Wildman–Crippen LogP) is 4.20. The summed E-state index contributed by atoms with van der Waals surface area (Å²) in [5.74, 6) is -1.76. The molecular weight excluding hydrogens is 328 g/mol. The fourth-order valence-electron chi connectivity index (χ4n) is 5.92. The minimum atomic E-state index is -1.19. The van der Waals surface area contributed by atoms with Gasteiger partial charge in [-0.2, -0.15) is 0 Å². The van der Waals surface area contributed by atoms with Crippen molar-refractivity contribution in [1.29, 1.82) is 0 Å². The minimum Gasteiger partial charge on any atom is -0.510 e. The van der Waals surface area contributed by atoms with E-state index in [1.54, 1.807) is 13.8 Å². The molecular formula is C22H30O4. The van der Waals surface area contributed by atoms with E-state index in [1.807, 2.05) is 13.8 Å².